The number of para-hydroxylation sites is 3. The Labute approximate surface area is 748 Å². The molecule has 13 heterocycles. The van der Waals surface area contributed by atoms with Crippen molar-refractivity contribution in [1.29, 1.82) is 0 Å². The molecule has 12 aromatic rings. The van der Waals surface area contributed by atoms with Gasteiger partial charge in [0.1, 0.15) is 40.1 Å². The number of aliphatic imine (C=N–C) groups is 1. The van der Waals surface area contributed by atoms with Gasteiger partial charge in [-0.05, 0) is 288 Å². The lowest BCUT2D eigenvalue weighted by Gasteiger charge is -2.26. The summed E-state index contributed by atoms with van der Waals surface area (Å²) in [6.45, 7) is 39.6. The number of hydrogen-bond acceptors (Lipinski definition) is 15. The fourth-order valence-electron chi connectivity index (χ4n) is 16.6. The molecule has 1 saturated heterocycles. The van der Waals surface area contributed by atoms with E-state index in [2.05, 4.69) is 268 Å². The first-order valence-electron chi connectivity index (χ1n) is 44.4. The third-order valence-corrected chi connectivity index (χ3v) is 22.6. The number of rotatable bonds is 22. The van der Waals surface area contributed by atoms with Crippen LogP contribution in [0.25, 0.3) is 69.0 Å². The number of methoxy groups -OCH3 is 2. The number of aromatic amines is 7. The molecule has 0 aliphatic carbocycles. The molecule has 4 aromatic carbocycles. The molecular weight excluding hydrogens is 1600 g/mol. The summed E-state index contributed by atoms with van der Waals surface area (Å²) in [7, 11) is 11.6. The van der Waals surface area contributed by atoms with E-state index in [-0.39, 0.29) is 12.2 Å². The highest BCUT2D eigenvalue weighted by Crippen LogP contribution is 2.33. The van der Waals surface area contributed by atoms with Gasteiger partial charge in [-0.25, -0.2) is 29.3 Å². The number of hydrogen-bond donors (Lipinski definition) is 7. The molecule has 0 atom stereocenters. The highest BCUT2D eigenvalue weighted by molar-refractivity contribution is 6.15. The predicted octanol–water partition coefficient (Wildman–Crippen LogP) is 11.5. The molecule has 0 radical (unpaired) electrons. The minimum atomic E-state index is -0.642. The summed E-state index contributed by atoms with van der Waals surface area (Å²) in [5.41, 5.74) is 22.4. The van der Waals surface area contributed by atoms with Gasteiger partial charge in [0.05, 0.1) is 128 Å². The van der Waals surface area contributed by atoms with Crippen LogP contribution in [0.3, 0.4) is 0 Å². The summed E-state index contributed by atoms with van der Waals surface area (Å²) in [4.78, 5) is 64.4. The quantitative estimate of drug-likeness (QED) is 0.0336. The first kappa shape index (κ1) is 91.3. The second-order valence-corrected chi connectivity index (χ2v) is 35.5. The second kappa shape index (κ2) is 39.9. The Kier molecular flexibility index (Phi) is 28.5. The van der Waals surface area contributed by atoms with Crippen molar-refractivity contribution < 1.29 is 38.0 Å². The van der Waals surface area contributed by atoms with Crippen LogP contribution in [-0.4, -0.2) is 179 Å². The molecule has 23 nitrogen and oxygen atoms in total. The van der Waals surface area contributed by atoms with Gasteiger partial charge in [0.25, 0.3) is 0 Å². The number of fused-ring (bicyclic) bond motifs is 4. The molecule has 7 N–H and O–H groups in total. The molecule has 128 heavy (non-hydrogen) atoms. The Morgan fingerprint density at radius 2 is 0.914 bits per heavy atom. The fourth-order valence-corrected chi connectivity index (χ4v) is 16.6. The summed E-state index contributed by atoms with van der Waals surface area (Å²) in [6.07, 6.45) is 12.7. The SMILES string of the molecule is CCOc1cc(=C2N=c3ccccc3=C2CCN(C)C)[nH]/c1=C\c1[nH]c(C)cc1C.COC1=CC(c2cc3cc(OC)ccc3n2C(=O)OC(C)(C)C)=N/C1=C\c1[nH]c(C)cc1C.Cc1cc(C)c(/C=c2\[nH]c(=C3N=c4ccccc4=C3CCN(C)C)cc2OC(C)C)[nH]1.Cc1cc(C)c(/C=c2\[nH]c(=C3N=c4ccccc4=C3CCN3CCOCC3)cc2OC(C)C)[nH]1. The van der Waals surface area contributed by atoms with Gasteiger partial charge in [-0.2, -0.15) is 0 Å². The number of carbonyl (C=O) groups is 1. The van der Waals surface area contributed by atoms with Crippen molar-refractivity contribution in [2.24, 2.45) is 20.0 Å². The number of nitrogens with zero attached hydrogens (tertiary/aromatic N) is 8. The molecule has 0 unspecified atom stereocenters. The number of benzene rings is 4. The van der Waals surface area contributed by atoms with Crippen LogP contribution in [0, 0.1) is 55.4 Å². The van der Waals surface area contributed by atoms with Crippen LogP contribution < -0.4 is 82.8 Å². The normalized spacial score (nSPS) is 16.3. The Balaban J connectivity index is 0.000000138. The van der Waals surface area contributed by atoms with Crippen molar-refractivity contribution in [3.8, 4) is 23.0 Å². The maximum Gasteiger partial charge on any atom is 0.419 e. The summed E-state index contributed by atoms with van der Waals surface area (Å²) >= 11 is 0. The maximum atomic E-state index is 13.2. The standard InChI is InChI=1S/C28H34N4O2.C26H32N4O.C26H29N3O4.C25H30N4O/c1-18(2)34-27-17-26(30-25(27)16-24-19(3)15-20(4)29-24)28-22(9-10-32-11-13-33-14-12-32)21-7-5-6-8-23(21)31-28;1-16(2)31-25-15-24(28-23(25)14-22-17(3)13-18(4)27-22)26-20(11-12-30(5)6)19-9-7-8-10-21(19)29-26;1-15-10-16(2)27-19(15)13-21-24(32-7)14-20(28-21)23-12-17-11-18(31-6)8-9-22(17)29(23)25(30)33-26(3,4)5;1-6-30-24-15-23(27-22(24)14-21-16(2)13-17(3)26-21)25-19(11-12-29(4)5)18-9-7-8-10-20(18)28-25/h5-8,15-18,29-30H,9-14H2,1-4H3;7-10,13-16,27-28H,11-12H2,1-6H3;8-14,27H,1-7H3;7-10,13-15,26-27H,6,11-12H2,1-5H3/b25-16-,28-26?;23-14-,26-24?;21-13-;22-14-,25-23?. The number of nitrogens with one attached hydrogen (secondary N) is 7. The zero-order chi connectivity index (χ0) is 90.9. The van der Waals surface area contributed by atoms with E-state index in [1.165, 1.54) is 49.1 Å². The number of aromatic nitrogens is 8. The predicted molar refractivity (Wildman–Crippen MR) is 515 cm³/mol. The van der Waals surface area contributed by atoms with Gasteiger partial charge in [-0.15, -0.1) is 0 Å². The van der Waals surface area contributed by atoms with E-state index >= 15 is 0 Å². The summed E-state index contributed by atoms with van der Waals surface area (Å²) in [5.74, 6) is 3.88. The molecule has 1 fully saturated rings. The van der Waals surface area contributed by atoms with Gasteiger partial charge in [0.2, 0.25) is 0 Å². The first-order chi connectivity index (χ1) is 61.3. The molecule has 668 valence electrons. The average molecular weight is 1730 g/mol. The average Bonchev–Trinajstić information content (AvgIpc) is 1.67. The molecule has 5 aliphatic rings. The van der Waals surface area contributed by atoms with Crippen LogP contribution >= 0.6 is 0 Å². The smallest absolute Gasteiger partial charge is 0.419 e. The molecule has 0 bridgehead atoms. The van der Waals surface area contributed by atoms with E-state index in [0.29, 0.717) is 40.7 Å². The van der Waals surface area contributed by atoms with E-state index in [0.717, 1.165) is 204 Å². The van der Waals surface area contributed by atoms with E-state index in [4.69, 9.17) is 53.1 Å². The molecule has 23 heteroatoms. The molecular formula is C105H125N15O8. The van der Waals surface area contributed by atoms with E-state index < -0.39 is 11.7 Å². The van der Waals surface area contributed by atoms with Gasteiger partial charge in [-0.3, -0.25) is 4.90 Å². The zero-order valence-corrected chi connectivity index (χ0v) is 78.4. The summed E-state index contributed by atoms with van der Waals surface area (Å²) < 4.78 is 42.1. The van der Waals surface area contributed by atoms with E-state index in [9.17, 15) is 4.79 Å². The Morgan fingerprint density at radius 1 is 0.500 bits per heavy atom. The first-order valence-corrected chi connectivity index (χ1v) is 44.4. The topological polar surface area (TPSA) is 256 Å². The van der Waals surface area contributed by atoms with Crippen LogP contribution in [0.15, 0.2) is 177 Å². The highest BCUT2D eigenvalue weighted by atomic mass is 16.6. The number of aryl methyl sites for hydroxylation is 8. The minimum absolute atomic E-state index is 0.0785. The van der Waals surface area contributed by atoms with Gasteiger partial charge in [0.15, 0.2) is 0 Å². The molecule has 8 aromatic heterocycles. The van der Waals surface area contributed by atoms with E-state index in [1.54, 1.807) is 18.8 Å². The lowest BCUT2D eigenvalue weighted by Crippen LogP contribution is -2.37. The summed E-state index contributed by atoms with van der Waals surface area (Å²) in [5, 5.41) is 13.5. The lowest BCUT2D eigenvalue weighted by molar-refractivity contribution is 0.0390. The largest absolute Gasteiger partial charge is 0.497 e. The third-order valence-electron chi connectivity index (χ3n) is 22.6. The van der Waals surface area contributed by atoms with Crippen molar-refractivity contribution in [3.05, 3.63) is 294 Å². The number of H-pyrrole nitrogens is 7. The van der Waals surface area contributed by atoms with Crippen molar-refractivity contribution in [2.45, 2.75) is 148 Å². The molecule has 0 saturated carbocycles. The Morgan fingerprint density at radius 3 is 1.30 bits per heavy atom. The third kappa shape index (κ3) is 21.7. The maximum absolute atomic E-state index is 13.2. The Hall–Kier alpha value is -12.9. The van der Waals surface area contributed by atoms with Crippen LogP contribution in [0.5, 0.6) is 23.0 Å². The van der Waals surface area contributed by atoms with Crippen molar-refractivity contribution >= 4 is 80.8 Å². The van der Waals surface area contributed by atoms with Crippen LogP contribution in [0.2, 0.25) is 0 Å². The van der Waals surface area contributed by atoms with Gasteiger partial charge >= 0.3 is 6.09 Å². The summed E-state index contributed by atoms with van der Waals surface area (Å²) in [6, 6.07) is 47.5. The lowest BCUT2D eigenvalue weighted by atomic mass is 10.1. The fraction of sp³-hybridized carbons (Fsp3) is 0.343. The molecule has 0 spiro atoms. The molecule has 0 amide bonds. The van der Waals surface area contributed by atoms with Gasteiger partial charge in [-0.1, -0.05) is 54.6 Å². The number of allylic oxidation sites excluding steroid dienone is 1. The van der Waals surface area contributed by atoms with Crippen molar-refractivity contribution in [2.75, 3.05) is 95.0 Å². The number of carbonyl (C=O) groups excluding carboxylic acids is 1. The Bertz CT molecular complexity index is 7080. The molecule has 17 rings (SSSR count). The van der Waals surface area contributed by atoms with Gasteiger partial charge in [0, 0.05) is 124 Å². The van der Waals surface area contributed by atoms with Crippen molar-refractivity contribution in [3.63, 3.8) is 0 Å². The second-order valence-electron chi connectivity index (χ2n) is 35.5. The van der Waals surface area contributed by atoms with Crippen LogP contribution in [-0.2, 0) is 14.2 Å². The van der Waals surface area contributed by atoms with Crippen molar-refractivity contribution in [1.82, 2.24) is 54.2 Å². The van der Waals surface area contributed by atoms with Crippen LogP contribution in [0.4, 0.5) is 4.79 Å². The van der Waals surface area contributed by atoms with E-state index in [1.807, 2.05) is 90.1 Å². The minimum Gasteiger partial charge on any atom is -0.497 e. The monoisotopic (exact) mass is 1720 g/mol. The number of morpholine rings is 1. The number of ether oxygens (including phenoxy) is 7. The molecule has 5 aliphatic heterocycles. The van der Waals surface area contributed by atoms with Crippen LogP contribution in [0.1, 0.15) is 148 Å². The zero-order valence-electron chi connectivity index (χ0n) is 78.4. The highest BCUT2D eigenvalue weighted by Gasteiger charge is 2.29. The van der Waals surface area contributed by atoms with Gasteiger partial charge < -0.3 is 77.8 Å².